The van der Waals surface area contributed by atoms with Gasteiger partial charge in [0.1, 0.15) is 11.5 Å². The van der Waals surface area contributed by atoms with Crippen LogP contribution in [0.3, 0.4) is 0 Å². The highest BCUT2D eigenvalue weighted by atomic mass is 16.5. The van der Waals surface area contributed by atoms with Gasteiger partial charge in [-0.3, -0.25) is 9.59 Å². The molecule has 0 bridgehead atoms. The van der Waals surface area contributed by atoms with Gasteiger partial charge in [-0.25, -0.2) is 0 Å². The first-order chi connectivity index (χ1) is 11.0. The highest BCUT2D eigenvalue weighted by Crippen LogP contribution is 2.32. The molecule has 0 saturated heterocycles. The summed E-state index contributed by atoms with van der Waals surface area (Å²) in [7, 11) is 3.12. The Morgan fingerprint density at radius 2 is 1.96 bits per heavy atom. The molecule has 0 aliphatic heterocycles. The van der Waals surface area contributed by atoms with Crippen molar-refractivity contribution >= 4 is 17.5 Å². The quantitative estimate of drug-likeness (QED) is 0.758. The van der Waals surface area contributed by atoms with E-state index in [0.29, 0.717) is 36.7 Å². The van der Waals surface area contributed by atoms with Gasteiger partial charge in [0, 0.05) is 32.5 Å². The van der Waals surface area contributed by atoms with Crippen LogP contribution >= 0.6 is 0 Å². The number of nitrogens with one attached hydrogen (secondary N) is 1. The topological polar surface area (TPSA) is 67.9 Å². The van der Waals surface area contributed by atoms with Crippen molar-refractivity contribution in [1.82, 2.24) is 5.32 Å². The maximum atomic E-state index is 12.0. The highest BCUT2D eigenvalue weighted by Gasteiger charge is 2.17. The number of rotatable bonds is 9. The number of carbonyl (C=O) groups is 2. The Hall–Kier alpha value is -2.24. The Kier molecular flexibility index (Phi) is 7.94. The molecule has 1 N–H and O–H groups in total. The largest absolute Gasteiger partial charge is 0.497 e. The smallest absolute Gasteiger partial charge is 0.224 e. The average Bonchev–Trinajstić information content (AvgIpc) is 2.55. The lowest BCUT2D eigenvalue weighted by Crippen LogP contribution is -2.37. The van der Waals surface area contributed by atoms with Gasteiger partial charge in [-0.2, -0.15) is 0 Å². The highest BCUT2D eigenvalue weighted by molar-refractivity contribution is 5.93. The molecule has 0 saturated carbocycles. The summed E-state index contributed by atoms with van der Waals surface area (Å²) >= 11 is 0. The van der Waals surface area contributed by atoms with Crippen molar-refractivity contribution in [3.63, 3.8) is 0 Å². The van der Waals surface area contributed by atoms with Gasteiger partial charge in [0.2, 0.25) is 11.8 Å². The molecule has 2 amide bonds. The molecule has 1 aromatic carbocycles. The first-order valence-corrected chi connectivity index (χ1v) is 7.80. The molecule has 0 aliphatic rings. The normalized spacial score (nSPS) is 10.1. The van der Waals surface area contributed by atoms with E-state index in [1.54, 1.807) is 37.3 Å². The zero-order chi connectivity index (χ0) is 17.2. The minimum atomic E-state index is -0.126. The predicted octanol–water partition coefficient (Wildman–Crippen LogP) is 2.36. The zero-order valence-corrected chi connectivity index (χ0v) is 14.3. The second kappa shape index (κ2) is 9.71. The maximum absolute atomic E-state index is 12.0. The monoisotopic (exact) mass is 322 g/mol. The maximum Gasteiger partial charge on any atom is 0.224 e. The summed E-state index contributed by atoms with van der Waals surface area (Å²) in [5, 5.41) is 2.83. The van der Waals surface area contributed by atoms with E-state index in [9.17, 15) is 9.59 Å². The van der Waals surface area contributed by atoms with Crippen molar-refractivity contribution in [1.29, 1.82) is 0 Å². The number of amides is 2. The standard InChI is InChI=1S/C17H26N2O4/c1-5-6-7-17(21)18-10-11-19(13(2)20)15-12-14(22-3)8-9-16(15)23-4/h8-9,12H,5-7,10-11H2,1-4H3,(H,18,21). The fraction of sp³-hybridized carbons (Fsp3) is 0.529. The number of hydrogen-bond donors (Lipinski definition) is 1. The van der Waals surface area contributed by atoms with Crippen LogP contribution in [-0.2, 0) is 9.59 Å². The van der Waals surface area contributed by atoms with Crippen molar-refractivity contribution in [2.75, 3.05) is 32.2 Å². The van der Waals surface area contributed by atoms with E-state index in [1.165, 1.54) is 6.92 Å². The van der Waals surface area contributed by atoms with Gasteiger partial charge in [0.05, 0.1) is 19.9 Å². The van der Waals surface area contributed by atoms with Crippen molar-refractivity contribution in [3.05, 3.63) is 18.2 Å². The molecule has 0 fully saturated rings. The second-order valence-corrected chi connectivity index (χ2v) is 5.16. The van der Waals surface area contributed by atoms with Crippen LogP contribution in [0.2, 0.25) is 0 Å². The van der Waals surface area contributed by atoms with Gasteiger partial charge in [-0.15, -0.1) is 0 Å². The summed E-state index contributed by atoms with van der Waals surface area (Å²) in [6.45, 7) is 4.29. The first-order valence-electron chi connectivity index (χ1n) is 7.80. The number of anilines is 1. The Morgan fingerprint density at radius 3 is 2.52 bits per heavy atom. The molecular weight excluding hydrogens is 296 g/mol. The van der Waals surface area contributed by atoms with Crippen LogP contribution in [0.5, 0.6) is 11.5 Å². The van der Waals surface area contributed by atoms with Gasteiger partial charge in [0.25, 0.3) is 0 Å². The second-order valence-electron chi connectivity index (χ2n) is 5.16. The number of carbonyl (C=O) groups excluding carboxylic acids is 2. The minimum Gasteiger partial charge on any atom is -0.497 e. The average molecular weight is 322 g/mol. The molecule has 128 valence electrons. The molecule has 1 rings (SSSR count). The third-order valence-corrected chi connectivity index (χ3v) is 3.47. The fourth-order valence-electron chi connectivity index (χ4n) is 2.19. The molecule has 0 aromatic heterocycles. The lowest BCUT2D eigenvalue weighted by atomic mass is 10.2. The Morgan fingerprint density at radius 1 is 1.22 bits per heavy atom. The lowest BCUT2D eigenvalue weighted by molar-refractivity contribution is -0.121. The van der Waals surface area contributed by atoms with Crippen LogP contribution in [-0.4, -0.2) is 39.1 Å². The van der Waals surface area contributed by atoms with Crippen LogP contribution in [0.1, 0.15) is 33.1 Å². The minimum absolute atomic E-state index is 0.00737. The Balaban J connectivity index is 2.79. The summed E-state index contributed by atoms with van der Waals surface area (Å²) in [5.41, 5.74) is 0.627. The van der Waals surface area contributed by atoms with Crippen LogP contribution in [0.4, 0.5) is 5.69 Å². The molecule has 0 atom stereocenters. The molecule has 23 heavy (non-hydrogen) atoms. The first kappa shape index (κ1) is 18.8. The molecule has 6 heteroatoms. The van der Waals surface area contributed by atoms with Gasteiger partial charge in [-0.05, 0) is 18.6 Å². The van der Waals surface area contributed by atoms with Crippen LogP contribution in [0, 0.1) is 0 Å². The number of hydrogen-bond acceptors (Lipinski definition) is 4. The number of methoxy groups -OCH3 is 2. The van der Waals surface area contributed by atoms with Gasteiger partial charge >= 0.3 is 0 Å². The van der Waals surface area contributed by atoms with Crippen LogP contribution in [0.15, 0.2) is 18.2 Å². The summed E-state index contributed by atoms with van der Waals surface area (Å²) in [6.07, 6.45) is 2.36. The van der Waals surface area contributed by atoms with Gasteiger partial charge in [0.15, 0.2) is 0 Å². The number of unbranched alkanes of at least 4 members (excludes halogenated alkanes) is 1. The van der Waals surface area contributed by atoms with E-state index in [-0.39, 0.29) is 11.8 Å². The molecule has 0 spiro atoms. The van der Waals surface area contributed by atoms with Crippen molar-refractivity contribution in [2.24, 2.45) is 0 Å². The number of nitrogens with zero attached hydrogens (tertiary/aromatic N) is 1. The molecule has 0 unspecified atom stereocenters. The molecule has 0 radical (unpaired) electrons. The summed E-state index contributed by atoms with van der Waals surface area (Å²) in [5.74, 6) is 1.10. The van der Waals surface area contributed by atoms with Gasteiger partial charge in [-0.1, -0.05) is 13.3 Å². The Labute approximate surface area is 137 Å². The van der Waals surface area contributed by atoms with E-state index in [1.807, 2.05) is 6.92 Å². The molecule has 6 nitrogen and oxygen atoms in total. The number of ether oxygens (including phenoxy) is 2. The van der Waals surface area contributed by atoms with Crippen LogP contribution in [0.25, 0.3) is 0 Å². The van der Waals surface area contributed by atoms with Crippen LogP contribution < -0.4 is 19.7 Å². The summed E-state index contributed by atoms with van der Waals surface area (Å²) in [6, 6.07) is 5.27. The Bertz CT molecular complexity index is 531. The van der Waals surface area contributed by atoms with E-state index in [2.05, 4.69) is 5.32 Å². The van der Waals surface area contributed by atoms with E-state index in [0.717, 1.165) is 12.8 Å². The third kappa shape index (κ3) is 5.81. The molecular formula is C17H26N2O4. The molecule has 1 aromatic rings. The van der Waals surface area contributed by atoms with E-state index in [4.69, 9.17) is 9.47 Å². The van der Waals surface area contributed by atoms with Crippen molar-refractivity contribution < 1.29 is 19.1 Å². The molecule has 0 heterocycles. The van der Waals surface area contributed by atoms with Gasteiger partial charge < -0.3 is 19.7 Å². The fourth-order valence-corrected chi connectivity index (χ4v) is 2.19. The van der Waals surface area contributed by atoms with Crippen molar-refractivity contribution in [2.45, 2.75) is 33.1 Å². The van der Waals surface area contributed by atoms with E-state index < -0.39 is 0 Å². The summed E-state index contributed by atoms with van der Waals surface area (Å²) < 4.78 is 10.5. The number of benzene rings is 1. The summed E-state index contributed by atoms with van der Waals surface area (Å²) in [4.78, 5) is 25.2. The lowest BCUT2D eigenvalue weighted by Gasteiger charge is -2.24. The molecule has 0 aliphatic carbocycles. The van der Waals surface area contributed by atoms with E-state index >= 15 is 0 Å². The zero-order valence-electron chi connectivity index (χ0n) is 14.3. The SMILES string of the molecule is CCCCC(=O)NCCN(C(C)=O)c1cc(OC)ccc1OC. The third-order valence-electron chi connectivity index (χ3n) is 3.47. The van der Waals surface area contributed by atoms with Crippen molar-refractivity contribution in [3.8, 4) is 11.5 Å². The predicted molar refractivity (Wildman–Crippen MR) is 90.1 cm³/mol.